The molecule has 2 aliphatic rings. The zero-order chi connectivity index (χ0) is 19.1. The van der Waals surface area contributed by atoms with Crippen LogP contribution in [0, 0.1) is 11.8 Å². The van der Waals surface area contributed by atoms with Crippen LogP contribution in [0.3, 0.4) is 0 Å². The third kappa shape index (κ3) is 2.97. The zero-order valence-electron chi connectivity index (χ0n) is 16.6. The summed E-state index contributed by atoms with van der Waals surface area (Å²) in [4.78, 5) is 0. The molecule has 0 amide bonds. The lowest BCUT2D eigenvalue weighted by atomic mass is 9.76. The lowest BCUT2D eigenvalue weighted by Crippen LogP contribution is -2.29. The van der Waals surface area contributed by atoms with Crippen molar-refractivity contribution in [2.24, 2.45) is 11.8 Å². The minimum Gasteiger partial charge on any atom is -0.491 e. The van der Waals surface area contributed by atoms with E-state index in [1.54, 1.807) is 0 Å². The fourth-order valence-corrected chi connectivity index (χ4v) is 4.70. The fourth-order valence-electron chi connectivity index (χ4n) is 4.70. The molecule has 3 unspecified atom stereocenters. The predicted molar refractivity (Wildman–Crippen MR) is 117 cm³/mol. The lowest BCUT2D eigenvalue weighted by Gasteiger charge is -2.38. The molecule has 0 fully saturated rings. The van der Waals surface area contributed by atoms with Gasteiger partial charge in [-0.3, -0.25) is 0 Å². The molecular weight excluding hydrogens is 342 g/mol. The first-order chi connectivity index (χ1) is 13.7. The Labute approximate surface area is 167 Å². The van der Waals surface area contributed by atoms with E-state index in [1.807, 2.05) is 0 Å². The number of para-hydroxylation sites is 1. The first-order valence-corrected chi connectivity index (χ1v) is 10.4. The molecule has 0 radical (unpaired) electrons. The summed E-state index contributed by atoms with van der Waals surface area (Å²) >= 11 is 0. The molecule has 1 N–H and O–H groups in total. The van der Waals surface area contributed by atoms with Crippen LogP contribution in [-0.4, -0.2) is 6.61 Å². The van der Waals surface area contributed by atoms with E-state index in [1.165, 1.54) is 27.6 Å². The lowest BCUT2D eigenvalue weighted by molar-refractivity contribution is 0.270. The number of anilines is 1. The van der Waals surface area contributed by atoms with E-state index in [0.29, 0.717) is 23.8 Å². The van der Waals surface area contributed by atoms with Gasteiger partial charge in [0.05, 0.1) is 18.3 Å². The number of fused-ring (bicyclic) bond motifs is 4. The summed E-state index contributed by atoms with van der Waals surface area (Å²) in [5.74, 6) is 2.50. The maximum atomic E-state index is 6.18. The molecule has 3 atom stereocenters. The minimum atomic E-state index is 0.293. The summed E-state index contributed by atoms with van der Waals surface area (Å²) in [5, 5.41) is 6.48. The molecule has 3 aromatic rings. The summed E-state index contributed by atoms with van der Waals surface area (Å²) < 4.78 is 6.18. The minimum absolute atomic E-state index is 0.293. The molecule has 1 heterocycles. The summed E-state index contributed by atoms with van der Waals surface area (Å²) in [6, 6.07) is 22.3. The van der Waals surface area contributed by atoms with Gasteiger partial charge < -0.3 is 10.1 Å². The number of benzene rings is 3. The third-order valence-electron chi connectivity index (χ3n) is 6.06. The highest BCUT2D eigenvalue weighted by atomic mass is 16.5. The van der Waals surface area contributed by atoms with Gasteiger partial charge in [-0.1, -0.05) is 74.5 Å². The molecule has 1 aliphatic heterocycles. The molecule has 0 spiro atoms. The Kier molecular flexibility index (Phi) is 4.35. The Morgan fingerprint density at radius 2 is 1.86 bits per heavy atom. The van der Waals surface area contributed by atoms with Gasteiger partial charge in [0, 0.05) is 5.92 Å². The monoisotopic (exact) mass is 369 g/mol. The number of ether oxygens (including phenoxy) is 1. The van der Waals surface area contributed by atoms with E-state index >= 15 is 0 Å². The van der Waals surface area contributed by atoms with E-state index in [9.17, 15) is 0 Å². The van der Waals surface area contributed by atoms with Crippen LogP contribution in [0.2, 0.25) is 0 Å². The molecule has 5 rings (SSSR count). The van der Waals surface area contributed by atoms with Gasteiger partial charge in [0.2, 0.25) is 0 Å². The highest BCUT2D eigenvalue weighted by molar-refractivity contribution is 5.83. The van der Waals surface area contributed by atoms with Gasteiger partial charge >= 0.3 is 0 Å². The van der Waals surface area contributed by atoms with Crippen molar-refractivity contribution < 1.29 is 4.74 Å². The van der Waals surface area contributed by atoms with E-state index in [2.05, 4.69) is 92.0 Å². The molecule has 2 nitrogen and oxygen atoms in total. The standard InChI is InChI=1S/C26H27NO/c1-17(2)16-28-24-12-6-11-23-21-9-5-10-22(21)25(27-26(23)24)20-14-13-18-7-3-4-8-19(18)15-20/h3-9,11-15,17,21-22,25,27H,10,16H2,1-2H3. The Balaban J connectivity index is 1.56. The Morgan fingerprint density at radius 1 is 1.00 bits per heavy atom. The van der Waals surface area contributed by atoms with Crippen LogP contribution in [-0.2, 0) is 0 Å². The van der Waals surface area contributed by atoms with Crippen molar-refractivity contribution in [3.63, 3.8) is 0 Å². The molecule has 28 heavy (non-hydrogen) atoms. The van der Waals surface area contributed by atoms with Crippen molar-refractivity contribution in [1.82, 2.24) is 0 Å². The van der Waals surface area contributed by atoms with Crippen molar-refractivity contribution in [3.05, 3.63) is 83.9 Å². The molecule has 1 aliphatic carbocycles. The van der Waals surface area contributed by atoms with E-state index in [-0.39, 0.29) is 0 Å². The third-order valence-corrected chi connectivity index (χ3v) is 6.06. The van der Waals surface area contributed by atoms with Gasteiger partial charge in [-0.15, -0.1) is 0 Å². The van der Waals surface area contributed by atoms with Crippen molar-refractivity contribution in [3.8, 4) is 5.75 Å². The van der Waals surface area contributed by atoms with Crippen LogP contribution in [0.1, 0.15) is 43.4 Å². The van der Waals surface area contributed by atoms with Crippen molar-refractivity contribution >= 4 is 16.5 Å². The maximum Gasteiger partial charge on any atom is 0.142 e. The molecule has 0 saturated heterocycles. The number of hydrogen-bond acceptors (Lipinski definition) is 2. The molecule has 142 valence electrons. The zero-order valence-corrected chi connectivity index (χ0v) is 16.6. The smallest absolute Gasteiger partial charge is 0.142 e. The number of allylic oxidation sites excluding steroid dienone is 2. The summed E-state index contributed by atoms with van der Waals surface area (Å²) in [5.41, 5.74) is 3.91. The van der Waals surface area contributed by atoms with Gasteiger partial charge in [-0.25, -0.2) is 0 Å². The number of nitrogens with one attached hydrogen (secondary N) is 1. The maximum absolute atomic E-state index is 6.18. The van der Waals surface area contributed by atoms with Gasteiger partial charge in [0.1, 0.15) is 5.75 Å². The normalized spacial score (nSPS) is 22.8. The van der Waals surface area contributed by atoms with Crippen molar-refractivity contribution in [2.45, 2.75) is 32.2 Å². The van der Waals surface area contributed by atoms with E-state index in [0.717, 1.165) is 18.8 Å². The van der Waals surface area contributed by atoms with Crippen LogP contribution in [0.15, 0.2) is 72.8 Å². The number of rotatable bonds is 4. The van der Waals surface area contributed by atoms with Crippen molar-refractivity contribution in [1.29, 1.82) is 0 Å². The first kappa shape index (κ1) is 17.4. The Morgan fingerprint density at radius 3 is 2.71 bits per heavy atom. The predicted octanol–water partition coefficient (Wildman–Crippen LogP) is 6.70. The van der Waals surface area contributed by atoms with E-state index in [4.69, 9.17) is 4.74 Å². The van der Waals surface area contributed by atoms with Crippen LogP contribution in [0.4, 0.5) is 5.69 Å². The second kappa shape index (κ2) is 7.01. The molecular formula is C26H27NO. The molecule has 0 aromatic heterocycles. The second-order valence-corrected chi connectivity index (χ2v) is 8.51. The second-order valence-electron chi connectivity index (χ2n) is 8.51. The van der Waals surface area contributed by atoms with Crippen LogP contribution < -0.4 is 10.1 Å². The summed E-state index contributed by atoms with van der Waals surface area (Å²) in [6.45, 7) is 5.12. The molecule has 3 aromatic carbocycles. The number of hydrogen-bond donors (Lipinski definition) is 1. The van der Waals surface area contributed by atoms with Crippen LogP contribution in [0.5, 0.6) is 5.75 Å². The molecule has 0 saturated carbocycles. The van der Waals surface area contributed by atoms with Gasteiger partial charge in [0.25, 0.3) is 0 Å². The van der Waals surface area contributed by atoms with Gasteiger partial charge in [-0.2, -0.15) is 0 Å². The average molecular weight is 370 g/mol. The van der Waals surface area contributed by atoms with Gasteiger partial charge in [-0.05, 0) is 52.3 Å². The highest BCUT2D eigenvalue weighted by Crippen LogP contribution is 2.52. The quantitative estimate of drug-likeness (QED) is 0.517. The SMILES string of the molecule is CC(C)COc1cccc2c1NC(c1ccc3ccccc3c1)C1CC=CC21. The first-order valence-electron chi connectivity index (χ1n) is 10.4. The topological polar surface area (TPSA) is 21.3 Å². The van der Waals surface area contributed by atoms with Crippen LogP contribution in [0.25, 0.3) is 10.8 Å². The Hall–Kier alpha value is -2.74. The van der Waals surface area contributed by atoms with Gasteiger partial charge in [0.15, 0.2) is 0 Å². The Bertz CT molecular complexity index is 1040. The summed E-state index contributed by atoms with van der Waals surface area (Å²) in [7, 11) is 0. The molecule has 2 heteroatoms. The van der Waals surface area contributed by atoms with Crippen LogP contribution >= 0.6 is 0 Å². The fraction of sp³-hybridized carbons (Fsp3) is 0.308. The summed E-state index contributed by atoms with van der Waals surface area (Å²) in [6.07, 6.45) is 5.86. The highest BCUT2D eigenvalue weighted by Gasteiger charge is 2.39. The average Bonchev–Trinajstić information content (AvgIpc) is 3.21. The largest absolute Gasteiger partial charge is 0.491 e. The molecule has 0 bridgehead atoms. The van der Waals surface area contributed by atoms with E-state index < -0.39 is 0 Å². The van der Waals surface area contributed by atoms with Crippen molar-refractivity contribution in [2.75, 3.05) is 11.9 Å².